The summed E-state index contributed by atoms with van der Waals surface area (Å²) in [6, 6.07) is 0. The standard InChI is InChI=1S/C25H50N2O2/c1-5-7-8-15-19-24(28)20-16-13-11-9-10-12-14-17-21-25(29)26-22-18-23-27(3,4)6-2/h13,16,24,28H,5-12,14-15,17-23H2,1-4H3/p+1/t24-/m1/s1. The highest BCUT2D eigenvalue weighted by molar-refractivity contribution is 5.75. The zero-order valence-corrected chi connectivity index (χ0v) is 20.1. The normalized spacial score (nSPS) is 13.1. The maximum atomic E-state index is 11.9. The van der Waals surface area contributed by atoms with E-state index in [1.165, 1.54) is 38.5 Å². The lowest BCUT2D eigenvalue weighted by Crippen LogP contribution is -2.41. The molecular weight excluding hydrogens is 360 g/mol. The smallest absolute Gasteiger partial charge is 0.219 e. The van der Waals surface area contributed by atoms with Crippen molar-refractivity contribution in [1.82, 2.24) is 5.32 Å². The fraction of sp³-hybridized carbons (Fsp3) is 0.880. The number of aliphatic hydroxyl groups is 1. The van der Waals surface area contributed by atoms with E-state index >= 15 is 0 Å². The molecule has 0 heterocycles. The van der Waals surface area contributed by atoms with Crippen LogP contribution in [0, 0.1) is 0 Å². The number of carbonyl (C=O) groups excluding carboxylic acids is 1. The quantitative estimate of drug-likeness (QED) is 0.156. The van der Waals surface area contributed by atoms with Gasteiger partial charge in [0.2, 0.25) is 5.91 Å². The minimum Gasteiger partial charge on any atom is -0.393 e. The first-order chi connectivity index (χ1) is 13.9. The molecule has 2 N–H and O–H groups in total. The Hall–Kier alpha value is -0.870. The molecule has 0 bridgehead atoms. The third-order valence-corrected chi connectivity index (χ3v) is 5.86. The lowest BCUT2D eigenvalue weighted by atomic mass is 10.1. The zero-order valence-electron chi connectivity index (χ0n) is 20.1. The topological polar surface area (TPSA) is 49.3 Å². The van der Waals surface area contributed by atoms with Crippen LogP contribution in [0.15, 0.2) is 12.2 Å². The summed E-state index contributed by atoms with van der Waals surface area (Å²) in [5, 5.41) is 13.0. The number of nitrogens with zero attached hydrogens (tertiary/aromatic N) is 1. The number of unbranched alkanes of at least 4 members (excludes halogenated alkanes) is 8. The Morgan fingerprint density at radius 2 is 1.62 bits per heavy atom. The van der Waals surface area contributed by atoms with Crippen molar-refractivity contribution in [1.29, 1.82) is 0 Å². The van der Waals surface area contributed by atoms with E-state index in [0.29, 0.717) is 6.42 Å². The molecule has 0 aliphatic rings. The third-order valence-electron chi connectivity index (χ3n) is 5.86. The molecule has 1 amide bonds. The second-order valence-electron chi connectivity index (χ2n) is 9.20. The van der Waals surface area contributed by atoms with Crippen LogP contribution in [0.3, 0.4) is 0 Å². The van der Waals surface area contributed by atoms with E-state index in [1.54, 1.807) is 0 Å². The van der Waals surface area contributed by atoms with Gasteiger partial charge >= 0.3 is 0 Å². The van der Waals surface area contributed by atoms with Crippen LogP contribution < -0.4 is 5.32 Å². The molecule has 0 saturated heterocycles. The molecular formula is C25H51N2O2+. The van der Waals surface area contributed by atoms with Gasteiger partial charge in [0.15, 0.2) is 0 Å². The molecule has 0 aromatic rings. The number of rotatable bonds is 20. The third kappa shape index (κ3) is 20.2. The van der Waals surface area contributed by atoms with Crippen LogP contribution in [-0.4, -0.2) is 55.3 Å². The van der Waals surface area contributed by atoms with E-state index in [4.69, 9.17) is 0 Å². The van der Waals surface area contributed by atoms with E-state index < -0.39 is 0 Å². The summed E-state index contributed by atoms with van der Waals surface area (Å²) < 4.78 is 1.02. The monoisotopic (exact) mass is 411 g/mol. The van der Waals surface area contributed by atoms with Crippen LogP contribution in [0.4, 0.5) is 0 Å². The first-order valence-corrected chi connectivity index (χ1v) is 12.3. The van der Waals surface area contributed by atoms with Crippen molar-refractivity contribution < 1.29 is 14.4 Å². The molecule has 0 radical (unpaired) electrons. The molecule has 0 aliphatic carbocycles. The number of allylic oxidation sites excluding steroid dienone is 1. The van der Waals surface area contributed by atoms with Crippen molar-refractivity contribution in [2.24, 2.45) is 0 Å². The highest BCUT2D eigenvalue weighted by Crippen LogP contribution is 2.10. The van der Waals surface area contributed by atoms with Gasteiger partial charge in [0.25, 0.3) is 0 Å². The predicted octanol–water partition coefficient (Wildman–Crippen LogP) is 5.60. The molecule has 0 aliphatic heterocycles. The average molecular weight is 412 g/mol. The molecule has 0 aromatic carbocycles. The lowest BCUT2D eigenvalue weighted by molar-refractivity contribution is -0.888. The molecule has 0 unspecified atom stereocenters. The Morgan fingerprint density at radius 3 is 2.34 bits per heavy atom. The van der Waals surface area contributed by atoms with Crippen molar-refractivity contribution in [2.45, 2.75) is 110 Å². The van der Waals surface area contributed by atoms with Gasteiger partial charge in [-0.2, -0.15) is 0 Å². The maximum absolute atomic E-state index is 11.9. The average Bonchev–Trinajstić information content (AvgIpc) is 2.70. The summed E-state index contributed by atoms with van der Waals surface area (Å²) in [6.45, 7) is 7.47. The molecule has 0 saturated carbocycles. The number of hydrogen-bond donors (Lipinski definition) is 2. The van der Waals surface area contributed by atoms with Gasteiger partial charge in [0.1, 0.15) is 0 Å². The van der Waals surface area contributed by atoms with Crippen molar-refractivity contribution >= 4 is 5.91 Å². The van der Waals surface area contributed by atoms with Gasteiger partial charge < -0.3 is 14.9 Å². The van der Waals surface area contributed by atoms with E-state index in [9.17, 15) is 9.90 Å². The fourth-order valence-electron chi connectivity index (χ4n) is 3.36. The molecule has 0 fully saturated rings. The SMILES string of the molecule is CCCCCC[C@@H](O)CC=CCCCCCCCC(=O)NCCC[N+](C)(C)CC. The molecule has 1 atom stereocenters. The Labute approximate surface area is 181 Å². The molecule has 4 nitrogen and oxygen atoms in total. The molecule has 29 heavy (non-hydrogen) atoms. The molecule has 172 valence electrons. The van der Waals surface area contributed by atoms with Crippen LogP contribution in [0.5, 0.6) is 0 Å². The van der Waals surface area contributed by atoms with Crippen molar-refractivity contribution in [3.63, 3.8) is 0 Å². The number of carbonyl (C=O) groups is 1. The minimum atomic E-state index is -0.161. The minimum absolute atomic E-state index is 0.161. The summed E-state index contributed by atoms with van der Waals surface area (Å²) in [4.78, 5) is 11.9. The number of amides is 1. The van der Waals surface area contributed by atoms with Crippen molar-refractivity contribution in [2.75, 3.05) is 33.7 Å². The molecule has 0 rings (SSSR count). The van der Waals surface area contributed by atoms with Gasteiger partial charge in [0, 0.05) is 19.4 Å². The summed E-state index contributed by atoms with van der Waals surface area (Å²) in [5.41, 5.74) is 0. The number of aliphatic hydroxyl groups excluding tert-OH is 1. The van der Waals surface area contributed by atoms with Crippen LogP contribution >= 0.6 is 0 Å². The Bertz CT molecular complexity index is 408. The van der Waals surface area contributed by atoms with Crippen molar-refractivity contribution in [3.8, 4) is 0 Å². The molecule has 0 spiro atoms. The van der Waals surface area contributed by atoms with Gasteiger partial charge in [-0.3, -0.25) is 4.79 Å². The van der Waals surface area contributed by atoms with E-state index in [2.05, 4.69) is 45.4 Å². The predicted molar refractivity (Wildman–Crippen MR) is 126 cm³/mol. The first-order valence-electron chi connectivity index (χ1n) is 12.3. The van der Waals surface area contributed by atoms with Gasteiger partial charge in [-0.05, 0) is 39.0 Å². The summed E-state index contributed by atoms with van der Waals surface area (Å²) in [7, 11) is 4.47. The highest BCUT2D eigenvalue weighted by Gasteiger charge is 2.10. The Kier molecular flexibility index (Phi) is 18.5. The second kappa shape index (κ2) is 19.1. The second-order valence-corrected chi connectivity index (χ2v) is 9.20. The number of nitrogens with one attached hydrogen (secondary N) is 1. The van der Waals surface area contributed by atoms with Crippen LogP contribution in [0.2, 0.25) is 0 Å². The summed E-state index contributed by atoms with van der Waals surface area (Å²) >= 11 is 0. The van der Waals surface area contributed by atoms with Gasteiger partial charge in [-0.15, -0.1) is 0 Å². The first kappa shape index (κ1) is 28.1. The van der Waals surface area contributed by atoms with E-state index in [1.807, 2.05) is 0 Å². The maximum Gasteiger partial charge on any atom is 0.219 e. The summed E-state index contributed by atoms with van der Waals surface area (Å²) in [6.07, 6.45) is 19.5. The van der Waals surface area contributed by atoms with Crippen LogP contribution in [0.1, 0.15) is 104 Å². The Morgan fingerprint density at radius 1 is 0.931 bits per heavy atom. The van der Waals surface area contributed by atoms with Crippen LogP contribution in [-0.2, 0) is 4.79 Å². The largest absolute Gasteiger partial charge is 0.393 e. The molecule has 0 aromatic heterocycles. The van der Waals surface area contributed by atoms with Crippen LogP contribution in [0.25, 0.3) is 0 Å². The number of hydrogen-bond acceptors (Lipinski definition) is 2. The molecule has 4 heteroatoms. The van der Waals surface area contributed by atoms with Gasteiger partial charge in [-0.1, -0.05) is 64.0 Å². The fourth-order valence-corrected chi connectivity index (χ4v) is 3.36. The Balaban J connectivity index is 3.40. The number of quaternary nitrogens is 1. The van der Waals surface area contributed by atoms with E-state index in [-0.39, 0.29) is 12.0 Å². The highest BCUT2D eigenvalue weighted by atomic mass is 16.3. The van der Waals surface area contributed by atoms with Gasteiger partial charge in [-0.25, -0.2) is 0 Å². The van der Waals surface area contributed by atoms with Gasteiger partial charge in [0.05, 0.1) is 33.3 Å². The zero-order chi connectivity index (χ0) is 21.8. The lowest BCUT2D eigenvalue weighted by Gasteiger charge is -2.28. The van der Waals surface area contributed by atoms with E-state index in [0.717, 1.165) is 69.1 Å². The summed E-state index contributed by atoms with van der Waals surface area (Å²) in [5.74, 6) is 0.211. The van der Waals surface area contributed by atoms with Crippen molar-refractivity contribution in [3.05, 3.63) is 12.2 Å².